The SMILES string of the molecule is CCCNCCCC(N)c1ccccc1. The largest absolute Gasteiger partial charge is 0.324 e. The molecular weight excluding hydrogens is 184 g/mol. The summed E-state index contributed by atoms with van der Waals surface area (Å²) in [6.45, 7) is 4.37. The second kappa shape index (κ2) is 7.43. The van der Waals surface area contributed by atoms with Crippen molar-refractivity contribution in [1.29, 1.82) is 0 Å². The van der Waals surface area contributed by atoms with Crippen LogP contribution >= 0.6 is 0 Å². The molecule has 0 aromatic heterocycles. The van der Waals surface area contributed by atoms with E-state index in [1.807, 2.05) is 18.2 Å². The zero-order chi connectivity index (χ0) is 10.9. The number of nitrogens with one attached hydrogen (secondary N) is 1. The molecule has 1 rings (SSSR count). The fourth-order valence-electron chi connectivity index (χ4n) is 1.62. The van der Waals surface area contributed by atoms with Gasteiger partial charge in [0, 0.05) is 6.04 Å². The molecule has 1 aromatic carbocycles. The Morgan fingerprint density at radius 2 is 1.93 bits per heavy atom. The Morgan fingerprint density at radius 3 is 2.60 bits per heavy atom. The van der Waals surface area contributed by atoms with Crippen LogP contribution in [0.1, 0.15) is 37.8 Å². The summed E-state index contributed by atoms with van der Waals surface area (Å²) < 4.78 is 0. The zero-order valence-electron chi connectivity index (χ0n) is 9.58. The lowest BCUT2D eigenvalue weighted by molar-refractivity contribution is 0.565. The topological polar surface area (TPSA) is 38.0 Å². The standard InChI is InChI=1S/C13H22N2/c1-2-10-15-11-6-9-13(14)12-7-4-3-5-8-12/h3-5,7-8,13,15H,2,6,9-11,14H2,1H3. The van der Waals surface area contributed by atoms with Crippen LogP contribution in [-0.2, 0) is 0 Å². The van der Waals surface area contributed by atoms with Crippen LogP contribution in [0.15, 0.2) is 30.3 Å². The van der Waals surface area contributed by atoms with Gasteiger partial charge in [-0.1, -0.05) is 37.3 Å². The lowest BCUT2D eigenvalue weighted by Gasteiger charge is -2.11. The maximum absolute atomic E-state index is 6.08. The van der Waals surface area contributed by atoms with E-state index in [0.717, 1.165) is 25.9 Å². The highest BCUT2D eigenvalue weighted by Crippen LogP contribution is 2.14. The molecule has 0 fully saturated rings. The Morgan fingerprint density at radius 1 is 1.20 bits per heavy atom. The van der Waals surface area contributed by atoms with Crippen molar-refractivity contribution in [1.82, 2.24) is 5.32 Å². The molecule has 0 amide bonds. The van der Waals surface area contributed by atoms with Crippen molar-refractivity contribution in [3.8, 4) is 0 Å². The van der Waals surface area contributed by atoms with Gasteiger partial charge in [-0.3, -0.25) is 0 Å². The molecule has 15 heavy (non-hydrogen) atoms. The number of hydrogen-bond acceptors (Lipinski definition) is 2. The second-order valence-electron chi connectivity index (χ2n) is 3.91. The summed E-state index contributed by atoms with van der Waals surface area (Å²) in [6, 6.07) is 10.5. The molecule has 0 radical (unpaired) electrons. The molecule has 0 bridgehead atoms. The maximum Gasteiger partial charge on any atom is 0.0295 e. The van der Waals surface area contributed by atoms with Crippen LogP contribution in [0.4, 0.5) is 0 Å². The molecule has 0 aliphatic rings. The molecule has 1 unspecified atom stereocenters. The molecule has 2 heteroatoms. The van der Waals surface area contributed by atoms with E-state index in [1.165, 1.54) is 12.0 Å². The molecule has 0 saturated carbocycles. The fourth-order valence-corrected chi connectivity index (χ4v) is 1.62. The first kappa shape index (κ1) is 12.2. The summed E-state index contributed by atoms with van der Waals surface area (Å²) in [5.41, 5.74) is 7.33. The van der Waals surface area contributed by atoms with Gasteiger partial charge >= 0.3 is 0 Å². The van der Waals surface area contributed by atoms with Crippen LogP contribution in [0.25, 0.3) is 0 Å². The minimum atomic E-state index is 0.189. The van der Waals surface area contributed by atoms with Gasteiger partial charge in [-0.25, -0.2) is 0 Å². The van der Waals surface area contributed by atoms with Gasteiger partial charge in [0.15, 0.2) is 0 Å². The summed E-state index contributed by atoms with van der Waals surface area (Å²) >= 11 is 0. The number of benzene rings is 1. The Balaban J connectivity index is 2.16. The Kier molecular flexibility index (Phi) is 6.05. The summed E-state index contributed by atoms with van der Waals surface area (Å²) in [7, 11) is 0. The maximum atomic E-state index is 6.08. The van der Waals surface area contributed by atoms with Crippen LogP contribution in [0.2, 0.25) is 0 Å². The van der Waals surface area contributed by atoms with Crippen molar-refractivity contribution in [2.45, 2.75) is 32.2 Å². The predicted octanol–water partition coefficient (Wildman–Crippen LogP) is 2.47. The molecule has 0 aliphatic carbocycles. The average Bonchev–Trinajstić information content (AvgIpc) is 2.30. The first-order chi connectivity index (χ1) is 7.34. The normalized spacial score (nSPS) is 12.7. The molecule has 0 spiro atoms. The first-order valence-corrected chi connectivity index (χ1v) is 5.86. The van der Waals surface area contributed by atoms with E-state index in [4.69, 9.17) is 5.73 Å². The van der Waals surface area contributed by atoms with E-state index in [2.05, 4.69) is 24.4 Å². The third-order valence-corrected chi connectivity index (χ3v) is 2.52. The van der Waals surface area contributed by atoms with Gasteiger partial charge in [0.1, 0.15) is 0 Å². The van der Waals surface area contributed by atoms with Gasteiger partial charge in [0.2, 0.25) is 0 Å². The number of rotatable bonds is 7. The summed E-state index contributed by atoms with van der Waals surface area (Å²) in [5.74, 6) is 0. The third kappa shape index (κ3) is 4.96. The number of hydrogen-bond donors (Lipinski definition) is 2. The van der Waals surface area contributed by atoms with Crippen molar-refractivity contribution in [2.24, 2.45) is 5.73 Å². The molecule has 2 nitrogen and oxygen atoms in total. The van der Waals surface area contributed by atoms with E-state index >= 15 is 0 Å². The smallest absolute Gasteiger partial charge is 0.0295 e. The van der Waals surface area contributed by atoms with E-state index < -0.39 is 0 Å². The average molecular weight is 206 g/mol. The summed E-state index contributed by atoms with van der Waals surface area (Å²) in [4.78, 5) is 0. The third-order valence-electron chi connectivity index (χ3n) is 2.52. The van der Waals surface area contributed by atoms with Crippen LogP contribution in [0.3, 0.4) is 0 Å². The Hall–Kier alpha value is -0.860. The Bertz CT molecular complexity index is 246. The molecule has 1 aromatic rings. The predicted molar refractivity (Wildman–Crippen MR) is 65.8 cm³/mol. The number of nitrogens with two attached hydrogens (primary N) is 1. The molecule has 0 aliphatic heterocycles. The second-order valence-corrected chi connectivity index (χ2v) is 3.91. The van der Waals surface area contributed by atoms with Gasteiger partial charge in [0.05, 0.1) is 0 Å². The highest BCUT2D eigenvalue weighted by molar-refractivity contribution is 5.18. The fraction of sp³-hybridized carbons (Fsp3) is 0.538. The molecule has 0 heterocycles. The van der Waals surface area contributed by atoms with Gasteiger partial charge in [-0.2, -0.15) is 0 Å². The van der Waals surface area contributed by atoms with E-state index in [0.29, 0.717) is 0 Å². The molecule has 0 saturated heterocycles. The van der Waals surface area contributed by atoms with Crippen molar-refractivity contribution < 1.29 is 0 Å². The lowest BCUT2D eigenvalue weighted by Crippen LogP contribution is -2.18. The van der Waals surface area contributed by atoms with E-state index in [9.17, 15) is 0 Å². The van der Waals surface area contributed by atoms with Crippen LogP contribution in [0, 0.1) is 0 Å². The molecule has 84 valence electrons. The Labute approximate surface area is 92.9 Å². The van der Waals surface area contributed by atoms with Crippen LogP contribution in [-0.4, -0.2) is 13.1 Å². The van der Waals surface area contributed by atoms with E-state index in [-0.39, 0.29) is 6.04 Å². The van der Waals surface area contributed by atoms with Gasteiger partial charge < -0.3 is 11.1 Å². The molecular formula is C13H22N2. The van der Waals surface area contributed by atoms with Crippen molar-refractivity contribution >= 4 is 0 Å². The molecule has 3 N–H and O–H groups in total. The minimum Gasteiger partial charge on any atom is -0.324 e. The molecule has 1 atom stereocenters. The van der Waals surface area contributed by atoms with Crippen molar-refractivity contribution in [3.63, 3.8) is 0 Å². The first-order valence-electron chi connectivity index (χ1n) is 5.86. The van der Waals surface area contributed by atoms with Crippen molar-refractivity contribution in [3.05, 3.63) is 35.9 Å². The lowest BCUT2D eigenvalue weighted by atomic mass is 10.0. The van der Waals surface area contributed by atoms with Crippen LogP contribution in [0.5, 0.6) is 0 Å². The summed E-state index contributed by atoms with van der Waals surface area (Å²) in [5, 5.41) is 3.39. The zero-order valence-corrected chi connectivity index (χ0v) is 9.58. The highest BCUT2D eigenvalue weighted by atomic mass is 14.8. The van der Waals surface area contributed by atoms with Crippen molar-refractivity contribution in [2.75, 3.05) is 13.1 Å². The quantitative estimate of drug-likeness (QED) is 0.673. The van der Waals surface area contributed by atoms with Gasteiger partial charge in [-0.05, 0) is 37.9 Å². The summed E-state index contributed by atoms with van der Waals surface area (Å²) in [6.07, 6.45) is 3.40. The van der Waals surface area contributed by atoms with Gasteiger partial charge in [-0.15, -0.1) is 0 Å². The van der Waals surface area contributed by atoms with E-state index in [1.54, 1.807) is 0 Å². The monoisotopic (exact) mass is 206 g/mol. The van der Waals surface area contributed by atoms with Crippen LogP contribution < -0.4 is 11.1 Å². The highest BCUT2D eigenvalue weighted by Gasteiger charge is 2.03. The van der Waals surface area contributed by atoms with Gasteiger partial charge in [0.25, 0.3) is 0 Å². The minimum absolute atomic E-state index is 0.189.